The Morgan fingerprint density at radius 3 is 2.82 bits per heavy atom. The first-order valence-corrected chi connectivity index (χ1v) is 7.60. The van der Waals surface area contributed by atoms with Crippen LogP contribution in [-0.2, 0) is 10.0 Å². The molecule has 0 spiro atoms. The maximum atomic E-state index is 10.8. The number of benzene rings is 1. The molecular formula is C11H14BrNO3S. The van der Waals surface area contributed by atoms with Gasteiger partial charge in [-0.25, -0.2) is 13.1 Å². The molecule has 0 radical (unpaired) electrons. The van der Waals surface area contributed by atoms with Crippen molar-refractivity contribution >= 4 is 32.0 Å². The molecule has 0 unspecified atom stereocenters. The summed E-state index contributed by atoms with van der Waals surface area (Å²) in [5.41, 5.74) is 0.929. The van der Waals surface area contributed by atoms with Gasteiger partial charge in [-0.05, 0) is 23.8 Å². The zero-order chi connectivity index (χ0) is 12.9. The minimum atomic E-state index is -3.15. The fourth-order valence-corrected chi connectivity index (χ4v) is 2.03. The van der Waals surface area contributed by atoms with Crippen LogP contribution in [0.3, 0.4) is 0 Å². The lowest BCUT2D eigenvalue weighted by Crippen LogP contribution is -2.26. The molecule has 0 saturated heterocycles. The number of hydrogen-bond donors (Lipinski definition) is 1. The van der Waals surface area contributed by atoms with E-state index in [0.29, 0.717) is 5.75 Å². The first-order valence-electron chi connectivity index (χ1n) is 4.92. The Hall–Kier alpha value is -0.850. The van der Waals surface area contributed by atoms with Crippen molar-refractivity contribution < 1.29 is 13.2 Å². The first kappa shape index (κ1) is 14.2. The van der Waals surface area contributed by atoms with E-state index in [-0.39, 0.29) is 13.2 Å². The molecule has 17 heavy (non-hydrogen) atoms. The van der Waals surface area contributed by atoms with Crippen LogP contribution in [0.2, 0.25) is 0 Å². The minimum Gasteiger partial charge on any atom is -0.492 e. The first-order chi connectivity index (χ1) is 7.92. The molecule has 1 aromatic carbocycles. The number of sulfonamides is 1. The molecule has 0 atom stereocenters. The summed E-state index contributed by atoms with van der Waals surface area (Å²) in [5, 5.41) is 0. The second kappa shape index (κ2) is 6.18. The van der Waals surface area contributed by atoms with Crippen molar-refractivity contribution in [3.8, 4) is 5.75 Å². The molecular weight excluding hydrogens is 306 g/mol. The SMILES string of the molecule is C=Cc1cc(OCCNS(C)(=O)=O)ccc1Br. The van der Waals surface area contributed by atoms with Crippen LogP contribution >= 0.6 is 15.9 Å². The number of ether oxygens (including phenoxy) is 1. The lowest BCUT2D eigenvalue weighted by Gasteiger charge is -2.08. The van der Waals surface area contributed by atoms with Crippen LogP contribution in [0.15, 0.2) is 29.3 Å². The molecule has 0 aromatic heterocycles. The van der Waals surface area contributed by atoms with E-state index in [1.807, 2.05) is 12.1 Å². The Labute approximate surface area is 110 Å². The van der Waals surface area contributed by atoms with Gasteiger partial charge >= 0.3 is 0 Å². The molecule has 0 heterocycles. The van der Waals surface area contributed by atoms with E-state index in [1.165, 1.54) is 0 Å². The summed E-state index contributed by atoms with van der Waals surface area (Å²) in [6.45, 7) is 4.22. The maximum Gasteiger partial charge on any atom is 0.208 e. The van der Waals surface area contributed by atoms with Gasteiger partial charge in [0.2, 0.25) is 10.0 Å². The topological polar surface area (TPSA) is 55.4 Å². The Morgan fingerprint density at radius 2 is 2.24 bits per heavy atom. The van der Waals surface area contributed by atoms with Gasteiger partial charge in [0.25, 0.3) is 0 Å². The largest absolute Gasteiger partial charge is 0.492 e. The summed E-state index contributed by atoms with van der Waals surface area (Å²) >= 11 is 3.38. The molecule has 94 valence electrons. The molecule has 0 aliphatic carbocycles. The number of nitrogens with one attached hydrogen (secondary N) is 1. The average Bonchev–Trinajstić information content (AvgIpc) is 2.25. The number of hydrogen-bond acceptors (Lipinski definition) is 3. The minimum absolute atomic E-state index is 0.248. The van der Waals surface area contributed by atoms with Crippen LogP contribution in [0.5, 0.6) is 5.75 Å². The Balaban J connectivity index is 2.50. The van der Waals surface area contributed by atoms with Gasteiger partial charge in [0.1, 0.15) is 12.4 Å². The Bertz CT molecular complexity index is 499. The van der Waals surface area contributed by atoms with E-state index in [2.05, 4.69) is 27.2 Å². The highest BCUT2D eigenvalue weighted by Crippen LogP contribution is 2.23. The van der Waals surface area contributed by atoms with Crippen LogP contribution in [0.1, 0.15) is 5.56 Å². The van der Waals surface area contributed by atoms with Crippen LogP contribution < -0.4 is 9.46 Å². The number of halogens is 1. The molecule has 0 fully saturated rings. The molecule has 0 aliphatic rings. The summed E-state index contributed by atoms with van der Waals surface area (Å²) in [6.07, 6.45) is 2.83. The molecule has 1 N–H and O–H groups in total. The van der Waals surface area contributed by atoms with E-state index < -0.39 is 10.0 Å². The van der Waals surface area contributed by atoms with Crippen molar-refractivity contribution in [2.75, 3.05) is 19.4 Å². The zero-order valence-corrected chi connectivity index (χ0v) is 11.8. The third-order valence-corrected chi connectivity index (χ3v) is 3.37. The molecule has 1 aromatic rings. The number of rotatable bonds is 6. The molecule has 1 rings (SSSR count). The Morgan fingerprint density at radius 1 is 1.53 bits per heavy atom. The van der Waals surface area contributed by atoms with Crippen molar-refractivity contribution in [2.24, 2.45) is 0 Å². The molecule has 6 heteroatoms. The Kier molecular flexibility index (Phi) is 5.17. The predicted octanol–water partition coefficient (Wildman–Crippen LogP) is 2.02. The third-order valence-electron chi connectivity index (χ3n) is 1.92. The molecule has 0 amide bonds. The van der Waals surface area contributed by atoms with Gasteiger partial charge in [-0.2, -0.15) is 0 Å². The van der Waals surface area contributed by atoms with Crippen LogP contribution in [0.4, 0.5) is 0 Å². The van der Waals surface area contributed by atoms with Crippen molar-refractivity contribution in [2.45, 2.75) is 0 Å². The van der Waals surface area contributed by atoms with Crippen molar-refractivity contribution in [3.63, 3.8) is 0 Å². The zero-order valence-electron chi connectivity index (χ0n) is 9.44. The van der Waals surface area contributed by atoms with Crippen LogP contribution in [-0.4, -0.2) is 27.8 Å². The van der Waals surface area contributed by atoms with Gasteiger partial charge in [-0.15, -0.1) is 0 Å². The highest BCUT2D eigenvalue weighted by Gasteiger charge is 2.01. The van der Waals surface area contributed by atoms with E-state index in [9.17, 15) is 8.42 Å². The molecule has 0 saturated carbocycles. The quantitative estimate of drug-likeness (QED) is 0.816. The highest BCUT2D eigenvalue weighted by molar-refractivity contribution is 9.10. The molecule has 0 aliphatic heterocycles. The van der Waals surface area contributed by atoms with E-state index in [0.717, 1.165) is 16.3 Å². The predicted molar refractivity (Wildman–Crippen MR) is 72.6 cm³/mol. The fourth-order valence-electron chi connectivity index (χ4n) is 1.16. The second-order valence-corrected chi connectivity index (χ2v) is 6.09. The highest BCUT2D eigenvalue weighted by atomic mass is 79.9. The normalized spacial score (nSPS) is 11.2. The van der Waals surface area contributed by atoms with Crippen molar-refractivity contribution in [1.82, 2.24) is 4.72 Å². The average molecular weight is 320 g/mol. The van der Waals surface area contributed by atoms with Crippen molar-refractivity contribution in [3.05, 3.63) is 34.8 Å². The van der Waals surface area contributed by atoms with Gasteiger partial charge in [0.15, 0.2) is 0 Å². The fraction of sp³-hybridized carbons (Fsp3) is 0.273. The second-order valence-electron chi connectivity index (χ2n) is 3.40. The van der Waals surface area contributed by atoms with Gasteiger partial charge < -0.3 is 4.74 Å². The van der Waals surface area contributed by atoms with Gasteiger partial charge in [-0.1, -0.05) is 28.6 Å². The maximum absolute atomic E-state index is 10.8. The lowest BCUT2D eigenvalue weighted by atomic mass is 10.2. The summed E-state index contributed by atoms with van der Waals surface area (Å²) in [7, 11) is -3.15. The van der Waals surface area contributed by atoms with E-state index in [1.54, 1.807) is 12.1 Å². The summed E-state index contributed by atoms with van der Waals surface area (Å²) < 4.78 is 30.3. The third kappa shape index (κ3) is 5.34. The lowest BCUT2D eigenvalue weighted by molar-refractivity contribution is 0.323. The monoisotopic (exact) mass is 319 g/mol. The van der Waals surface area contributed by atoms with Crippen molar-refractivity contribution in [1.29, 1.82) is 0 Å². The summed E-state index contributed by atoms with van der Waals surface area (Å²) in [4.78, 5) is 0. The van der Waals surface area contributed by atoms with Crippen LogP contribution in [0.25, 0.3) is 6.08 Å². The summed E-state index contributed by atoms with van der Waals surface area (Å²) in [5.74, 6) is 0.679. The standard InChI is InChI=1S/C11H14BrNO3S/c1-3-9-8-10(4-5-11(9)12)16-7-6-13-17(2,14)15/h3-5,8,13H,1,6-7H2,2H3. The molecule has 0 bridgehead atoms. The smallest absolute Gasteiger partial charge is 0.208 e. The van der Waals surface area contributed by atoms with Gasteiger partial charge in [0, 0.05) is 11.0 Å². The van der Waals surface area contributed by atoms with Gasteiger partial charge in [-0.3, -0.25) is 0 Å². The van der Waals surface area contributed by atoms with Gasteiger partial charge in [0.05, 0.1) is 6.26 Å². The summed E-state index contributed by atoms with van der Waals surface area (Å²) in [6, 6.07) is 5.49. The molecule has 4 nitrogen and oxygen atoms in total. The van der Waals surface area contributed by atoms with Crippen LogP contribution in [0, 0.1) is 0 Å². The van der Waals surface area contributed by atoms with E-state index in [4.69, 9.17) is 4.74 Å². The van der Waals surface area contributed by atoms with E-state index >= 15 is 0 Å².